The van der Waals surface area contributed by atoms with Crippen molar-refractivity contribution in [3.63, 3.8) is 0 Å². The molecule has 1 heterocycles. The first-order valence-corrected chi connectivity index (χ1v) is 9.05. The average molecular weight is 380 g/mol. The number of nitrogens with two attached hydrogens (primary N) is 1. The van der Waals surface area contributed by atoms with Crippen molar-refractivity contribution < 1.29 is 14.3 Å². The Bertz CT molecular complexity index is 1080. The molecule has 28 heavy (non-hydrogen) atoms. The number of nitrogens with one attached hydrogen (secondary N) is 1. The van der Waals surface area contributed by atoms with Gasteiger partial charge in [-0.05, 0) is 42.2 Å². The highest BCUT2D eigenvalue weighted by atomic mass is 16.5. The largest absolute Gasteiger partial charge is 0.496 e. The first-order valence-electron chi connectivity index (χ1n) is 9.05. The van der Waals surface area contributed by atoms with E-state index in [1.807, 2.05) is 51.1 Å². The molecule has 3 rings (SSSR count). The molecule has 0 aliphatic rings. The van der Waals surface area contributed by atoms with Gasteiger partial charge < -0.3 is 20.2 Å². The van der Waals surface area contributed by atoms with Gasteiger partial charge in [-0.15, -0.1) is 0 Å². The number of rotatable bonds is 5. The number of ether oxygens (including phenoxy) is 2. The van der Waals surface area contributed by atoms with E-state index in [2.05, 4.69) is 4.98 Å². The van der Waals surface area contributed by atoms with Gasteiger partial charge in [0.15, 0.2) is 0 Å². The van der Waals surface area contributed by atoms with Crippen LogP contribution in [0.15, 0.2) is 41.2 Å². The van der Waals surface area contributed by atoms with Crippen LogP contribution in [0.5, 0.6) is 5.75 Å². The van der Waals surface area contributed by atoms with Gasteiger partial charge in [0, 0.05) is 22.9 Å². The summed E-state index contributed by atoms with van der Waals surface area (Å²) in [5.74, 6) is 0.773. The number of aromatic nitrogens is 1. The lowest BCUT2D eigenvalue weighted by atomic mass is 9.92. The number of amides is 1. The van der Waals surface area contributed by atoms with E-state index in [1.165, 1.54) is 0 Å². The second kappa shape index (κ2) is 7.76. The molecule has 6 heteroatoms. The van der Waals surface area contributed by atoms with Crippen LogP contribution in [-0.2, 0) is 4.74 Å². The van der Waals surface area contributed by atoms with Crippen LogP contribution in [0.1, 0.15) is 29.5 Å². The third kappa shape index (κ3) is 3.71. The Labute approximate surface area is 163 Å². The predicted octanol–water partition coefficient (Wildman–Crippen LogP) is 4.02. The number of methoxy groups -OCH3 is 1. The Balaban J connectivity index is 2.12. The topological polar surface area (TPSA) is 94.4 Å². The lowest BCUT2D eigenvalue weighted by Crippen LogP contribution is -2.16. The minimum atomic E-state index is -0.774. The number of hydrogen-bond acceptors (Lipinski definition) is 4. The number of aryl methyl sites for hydroxylation is 2. The summed E-state index contributed by atoms with van der Waals surface area (Å²) in [7, 11) is 1.64. The Morgan fingerprint density at radius 3 is 2.43 bits per heavy atom. The average Bonchev–Trinajstić information content (AvgIpc) is 2.66. The molecule has 1 unspecified atom stereocenters. The normalized spacial score (nSPS) is 12.0. The fourth-order valence-corrected chi connectivity index (χ4v) is 3.50. The number of carbonyl (C=O) groups excluding carboxylic acids is 1. The van der Waals surface area contributed by atoms with Crippen molar-refractivity contribution in [2.24, 2.45) is 5.73 Å². The number of fused-ring (bicyclic) bond motifs is 1. The summed E-state index contributed by atoms with van der Waals surface area (Å²) >= 11 is 0. The molecule has 0 aliphatic carbocycles. The molecule has 1 amide bonds. The van der Waals surface area contributed by atoms with E-state index in [0.717, 1.165) is 44.5 Å². The molecule has 1 atom stereocenters. The zero-order valence-electron chi connectivity index (χ0n) is 16.5. The summed E-state index contributed by atoms with van der Waals surface area (Å²) in [4.78, 5) is 25.7. The molecule has 1 aromatic heterocycles. The number of hydrogen-bond donors (Lipinski definition) is 2. The van der Waals surface area contributed by atoms with E-state index < -0.39 is 6.09 Å². The fraction of sp³-hybridized carbons (Fsp3) is 0.273. The van der Waals surface area contributed by atoms with Crippen LogP contribution in [0.25, 0.3) is 22.0 Å². The van der Waals surface area contributed by atoms with E-state index in [4.69, 9.17) is 15.2 Å². The highest BCUT2D eigenvalue weighted by Crippen LogP contribution is 2.39. The first-order chi connectivity index (χ1) is 13.3. The molecule has 0 saturated heterocycles. The van der Waals surface area contributed by atoms with E-state index in [9.17, 15) is 9.59 Å². The maximum atomic E-state index is 12.0. The van der Waals surface area contributed by atoms with Crippen LogP contribution in [0.2, 0.25) is 0 Å². The molecular formula is C22H24N2O4. The Morgan fingerprint density at radius 1 is 1.14 bits per heavy atom. The van der Waals surface area contributed by atoms with Gasteiger partial charge >= 0.3 is 6.09 Å². The van der Waals surface area contributed by atoms with Crippen molar-refractivity contribution in [3.8, 4) is 16.9 Å². The molecular weight excluding hydrogens is 356 g/mol. The minimum Gasteiger partial charge on any atom is -0.496 e. The Kier molecular flexibility index (Phi) is 5.40. The number of primary amides is 1. The molecule has 6 nitrogen and oxygen atoms in total. The van der Waals surface area contributed by atoms with Crippen LogP contribution in [0.3, 0.4) is 0 Å². The second-order valence-electron chi connectivity index (χ2n) is 6.99. The van der Waals surface area contributed by atoms with Gasteiger partial charge in [-0.1, -0.05) is 31.2 Å². The summed E-state index contributed by atoms with van der Waals surface area (Å²) in [6.07, 6.45) is -0.774. The van der Waals surface area contributed by atoms with E-state index in [1.54, 1.807) is 13.2 Å². The van der Waals surface area contributed by atoms with Gasteiger partial charge in [-0.3, -0.25) is 4.79 Å². The van der Waals surface area contributed by atoms with Crippen LogP contribution < -0.4 is 16.0 Å². The number of benzene rings is 2. The molecule has 3 N–H and O–H groups in total. The molecule has 0 fully saturated rings. The van der Waals surface area contributed by atoms with Gasteiger partial charge in [0.05, 0.1) is 19.2 Å². The molecule has 0 aliphatic heterocycles. The van der Waals surface area contributed by atoms with E-state index in [-0.39, 0.29) is 18.1 Å². The maximum Gasteiger partial charge on any atom is 0.404 e. The second-order valence-corrected chi connectivity index (χ2v) is 6.99. The van der Waals surface area contributed by atoms with Crippen molar-refractivity contribution in [3.05, 3.63) is 63.4 Å². The lowest BCUT2D eigenvalue weighted by molar-refractivity contribution is 0.151. The smallest absolute Gasteiger partial charge is 0.404 e. The van der Waals surface area contributed by atoms with Crippen LogP contribution in [-0.4, -0.2) is 24.8 Å². The molecule has 0 bridgehead atoms. The van der Waals surface area contributed by atoms with Crippen LogP contribution >= 0.6 is 0 Å². The molecule has 0 saturated carbocycles. The highest BCUT2D eigenvalue weighted by molar-refractivity contribution is 6.01. The van der Waals surface area contributed by atoms with Crippen molar-refractivity contribution in [1.29, 1.82) is 0 Å². The molecule has 146 valence electrons. The van der Waals surface area contributed by atoms with Gasteiger partial charge in [-0.25, -0.2) is 4.79 Å². The maximum absolute atomic E-state index is 12.0. The van der Waals surface area contributed by atoms with Gasteiger partial charge in [-0.2, -0.15) is 0 Å². The zero-order chi connectivity index (χ0) is 20.4. The number of carbonyl (C=O) groups is 1. The third-order valence-electron chi connectivity index (χ3n) is 4.94. The molecule has 2 aromatic carbocycles. The number of pyridine rings is 1. The van der Waals surface area contributed by atoms with Crippen LogP contribution in [0, 0.1) is 13.8 Å². The minimum absolute atomic E-state index is 0.0244. The summed E-state index contributed by atoms with van der Waals surface area (Å²) in [5.41, 5.74) is 10.5. The number of H-pyrrole nitrogens is 1. The lowest BCUT2D eigenvalue weighted by Gasteiger charge is -2.17. The highest BCUT2D eigenvalue weighted by Gasteiger charge is 2.17. The summed E-state index contributed by atoms with van der Waals surface area (Å²) in [5, 5.41) is 0.967. The van der Waals surface area contributed by atoms with E-state index >= 15 is 0 Å². The standard InChI is InChI=1S/C22H24N2O4/c1-12-10-18(25)24-21-13(2)9-17(27-4)20(19(12)21)16-7-5-15(6-8-16)14(3)11-28-22(23)26/h5-10,14H,11H2,1-4H3,(H2,23,26)(H,24,25). The van der Waals surface area contributed by atoms with Gasteiger partial charge in [0.25, 0.3) is 0 Å². The first kappa shape index (κ1) is 19.5. The quantitative estimate of drug-likeness (QED) is 0.699. The predicted molar refractivity (Wildman–Crippen MR) is 110 cm³/mol. The molecule has 0 spiro atoms. The Morgan fingerprint density at radius 2 is 1.82 bits per heavy atom. The van der Waals surface area contributed by atoms with Crippen molar-refractivity contribution >= 4 is 17.0 Å². The van der Waals surface area contributed by atoms with Gasteiger partial charge in [0.1, 0.15) is 5.75 Å². The van der Waals surface area contributed by atoms with Gasteiger partial charge in [0.2, 0.25) is 5.56 Å². The third-order valence-corrected chi connectivity index (χ3v) is 4.94. The zero-order valence-corrected chi connectivity index (χ0v) is 16.5. The summed E-state index contributed by atoms with van der Waals surface area (Å²) in [6.45, 7) is 6.07. The number of aromatic amines is 1. The summed E-state index contributed by atoms with van der Waals surface area (Å²) in [6, 6.07) is 11.5. The van der Waals surface area contributed by atoms with E-state index in [0.29, 0.717) is 0 Å². The fourth-order valence-electron chi connectivity index (χ4n) is 3.50. The SMILES string of the molecule is COc1cc(C)c2[nH]c(=O)cc(C)c2c1-c1ccc(C(C)COC(N)=O)cc1. The monoisotopic (exact) mass is 380 g/mol. The summed E-state index contributed by atoms with van der Waals surface area (Å²) < 4.78 is 10.5. The molecule has 0 radical (unpaired) electrons. The van der Waals surface area contributed by atoms with Crippen molar-refractivity contribution in [2.75, 3.05) is 13.7 Å². The van der Waals surface area contributed by atoms with Crippen molar-refractivity contribution in [2.45, 2.75) is 26.7 Å². The Hall–Kier alpha value is -3.28. The molecule has 3 aromatic rings. The van der Waals surface area contributed by atoms with Crippen LogP contribution in [0.4, 0.5) is 4.79 Å². The van der Waals surface area contributed by atoms with Crippen molar-refractivity contribution in [1.82, 2.24) is 4.98 Å².